The Bertz CT molecular complexity index is 641. The van der Waals surface area contributed by atoms with E-state index in [1.807, 2.05) is 0 Å². The molecular formula is C14H14ClN3OS. The lowest BCUT2D eigenvalue weighted by atomic mass is 10.2. The molecule has 0 N–H and O–H groups in total. The first-order valence-corrected chi connectivity index (χ1v) is 7.82. The molecule has 6 heteroatoms. The van der Waals surface area contributed by atoms with Crippen LogP contribution < -0.4 is 0 Å². The standard InChI is InChI=1S/C14H14ClN3OS/c15-11-6-5-10(9-19)12(8-11)20-14-17-16-13-4-2-1-3-7-18(13)14/h5-6,8-9H,1-4,7H2. The van der Waals surface area contributed by atoms with Gasteiger partial charge in [0.1, 0.15) is 5.82 Å². The fourth-order valence-electron chi connectivity index (χ4n) is 2.33. The van der Waals surface area contributed by atoms with Crippen LogP contribution in [0.2, 0.25) is 5.02 Å². The van der Waals surface area contributed by atoms with Crippen molar-refractivity contribution in [3.8, 4) is 0 Å². The van der Waals surface area contributed by atoms with Crippen molar-refractivity contribution >= 4 is 29.6 Å². The Morgan fingerprint density at radius 1 is 1.25 bits per heavy atom. The molecule has 20 heavy (non-hydrogen) atoms. The van der Waals surface area contributed by atoms with Gasteiger partial charge < -0.3 is 4.57 Å². The maximum absolute atomic E-state index is 11.1. The molecule has 1 aliphatic heterocycles. The zero-order chi connectivity index (χ0) is 13.9. The lowest BCUT2D eigenvalue weighted by Gasteiger charge is -2.08. The molecule has 1 aromatic heterocycles. The number of aldehydes is 1. The van der Waals surface area contributed by atoms with Crippen LogP contribution in [0.3, 0.4) is 0 Å². The maximum atomic E-state index is 11.1. The predicted molar refractivity (Wildman–Crippen MR) is 78.5 cm³/mol. The number of halogens is 1. The van der Waals surface area contributed by atoms with Gasteiger partial charge in [0, 0.05) is 28.4 Å². The molecule has 2 heterocycles. The summed E-state index contributed by atoms with van der Waals surface area (Å²) in [6.45, 7) is 0.946. The minimum atomic E-state index is 0.619. The number of nitrogens with zero attached hydrogens (tertiary/aromatic N) is 3. The number of fused-ring (bicyclic) bond motifs is 1. The summed E-state index contributed by atoms with van der Waals surface area (Å²) in [5.74, 6) is 1.04. The lowest BCUT2D eigenvalue weighted by Crippen LogP contribution is -2.02. The normalized spacial score (nSPS) is 14.7. The van der Waals surface area contributed by atoms with Gasteiger partial charge in [0.2, 0.25) is 0 Å². The minimum absolute atomic E-state index is 0.619. The average molecular weight is 308 g/mol. The highest BCUT2D eigenvalue weighted by Gasteiger charge is 2.16. The van der Waals surface area contributed by atoms with Crippen LogP contribution >= 0.6 is 23.4 Å². The molecule has 0 atom stereocenters. The average Bonchev–Trinajstić information content (AvgIpc) is 2.68. The van der Waals surface area contributed by atoms with E-state index < -0.39 is 0 Å². The molecule has 4 nitrogen and oxygen atoms in total. The van der Waals surface area contributed by atoms with E-state index in [-0.39, 0.29) is 0 Å². The van der Waals surface area contributed by atoms with E-state index in [9.17, 15) is 4.79 Å². The first-order chi connectivity index (χ1) is 9.78. The van der Waals surface area contributed by atoms with E-state index in [0.717, 1.165) is 41.5 Å². The molecule has 1 aromatic carbocycles. The first-order valence-electron chi connectivity index (χ1n) is 6.62. The Hall–Kier alpha value is -1.33. The summed E-state index contributed by atoms with van der Waals surface area (Å²) in [7, 11) is 0. The number of hydrogen-bond donors (Lipinski definition) is 0. The minimum Gasteiger partial charge on any atom is -0.306 e. The van der Waals surface area contributed by atoms with Crippen molar-refractivity contribution < 1.29 is 4.79 Å². The molecule has 0 saturated heterocycles. The molecule has 0 fully saturated rings. The molecule has 0 radical (unpaired) electrons. The van der Waals surface area contributed by atoms with Gasteiger partial charge in [-0.25, -0.2) is 0 Å². The Kier molecular flexibility index (Phi) is 4.08. The van der Waals surface area contributed by atoms with E-state index in [4.69, 9.17) is 11.6 Å². The second-order valence-corrected chi connectivity index (χ2v) is 6.21. The second-order valence-electron chi connectivity index (χ2n) is 4.76. The number of hydrogen-bond acceptors (Lipinski definition) is 4. The van der Waals surface area contributed by atoms with Crippen LogP contribution in [0.25, 0.3) is 0 Å². The highest BCUT2D eigenvalue weighted by atomic mass is 35.5. The number of benzene rings is 1. The highest BCUT2D eigenvalue weighted by Crippen LogP contribution is 2.32. The molecule has 3 rings (SSSR count). The summed E-state index contributed by atoms with van der Waals surface area (Å²) in [5.41, 5.74) is 0.630. The van der Waals surface area contributed by atoms with Crippen molar-refractivity contribution in [1.29, 1.82) is 0 Å². The monoisotopic (exact) mass is 307 g/mol. The van der Waals surface area contributed by atoms with Crippen LogP contribution in [0.4, 0.5) is 0 Å². The zero-order valence-corrected chi connectivity index (χ0v) is 12.5. The maximum Gasteiger partial charge on any atom is 0.196 e. The summed E-state index contributed by atoms with van der Waals surface area (Å²) >= 11 is 7.47. The summed E-state index contributed by atoms with van der Waals surface area (Å²) < 4.78 is 2.16. The van der Waals surface area contributed by atoms with E-state index in [1.54, 1.807) is 18.2 Å². The van der Waals surface area contributed by atoms with Crippen molar-refractivity contribution in [1.82, 2.24) is 14.8 Å². The Labute approximate surface area is 126 Å². The third kappa shape index (κ3) is 2.74. The van der Waals surface area contributed by atoms with Gasteiger partial charge in [0.05, 0.1) is 0 Å². The molecule has 1 aliphatic rings. The third-order valence-electron chi connectivity index (χ3n) is 3.38. The van der Waals surface area contributed by atoms with Gasteiger partial charge in [0.25, 0.3) is 0 Å². The van der Waals surface area contributed by atoms with Crippen LogP contribution in [-0.4, -0.2) is 21.1 Å². The zero-order valence-electron chi connectivity index (χ0n) is 10.9. The topological polar surface area (TPSA) is 47.8 Å². The van der Waals surface area contributed by atoms with Gasteiger partial charge in [-0.05, 0) is 42.8 Å². The molecule has 0 spiro atoms. The van der Waals surface area contributed by atoms with Gasteiger partial charge >= 0.3 is 0 Å². The van der Waals surface area contributed by atoms with Crippen LogP contribution in [-0.2, 0) is 13.0 Å². The number of carbonyl (C=O) groups is 1. The molecule has 0 saturated carbocycles. The van der Waals surface area contributed by atoms with Crippen LogP contribution in [0.5, 0.6) is 0 Å². The molecule has 104 valence electrons. The fraction of sp³-hybridized carbons (Fsp3) is 0.357. The van der Waals surface area contributed by atoms with Crippen molar-refractivity contribution in [2.45, 2.75) is 42.3 Å². The van der Waals surface area contributed by atoms with E-state index in [2.05, 4.69) is 14.8 Å². The van der Waals surface area contributed by atoms with Crippen LogP contribution in [0.15, 0.2) is 28.3 Å². The largest absolute Gasteiger partial charge is 0.306 e. The van der Waals surface area contributed by atoms with Crippen molar-refractivity contribution in [3.05, 3.63) is 34.6 Å². The van der Waals surface area contributed by atoms with Gasteiger partial charge in [-0.3, -0.25) is 4.79 Å². The van der Waals surface area contributed by atoms with Crippen molar-refractivity contribution in [2.75, 3.05) is 0 Å². The summed E-state index contributed by atoms with van der Waals surface area (Å²) in [4.78, 5) is 11.9. The Balaban J connectivity index is 1.94. The van der Waals surface area contributed by atoms with Gasteiger partial charge in [-0.2, -0.15) is 0 Å². The third-order valence-corrected chi connectivity index (χ3v) is 4.67. The van der Waals surface area contributed by atoms with Crippen LogP contribution in [0.1, 0.15) is 35.4 Å². The highest BCUT2D eigenvalue weighted by molar-refractivity contribution is 7.99. The fourth-order valence-corrected chi connectivity index (χ4v) is 3.57. The summed E-state index contributed by atoms with van der Waals surface area (Å²) in [6.07, 6.45) is 5.36. The SMILES string of the molecule is O=Cc1ccc(Cl)cc1Sc1nnc2n1CCCCC2. The van der Waals surface area contributed by atoms with Gasteiger partial charge in [-0.15, -0.1) is 10.2 Å². The quantitative estimate of drug-likeness (QED) is 0.813. The second kappa shape index (κ2) is 5.97. The van der Waals surface area contributed by atoms with Crippen molar-refractivity contribution in [2.24, 2.45) is 0 Å². The summed E-state index contributed by atoms with van der Waals surface area (Å²) in [6, 6.07) is 5.26. The Morgan fingerprint density at radius 2 is 2.15 bits per heavy atom. The predicted octanol–water partition coefficient (Wildman–Crippen LogP) is 3.62. The number of aromatic nitrogens is 3. The molecule has 0 unspecified atom stereocenters. The Morgan fingerprint density at radius 3 is 3.00 bits per heavy atom. The van der Waals surface area contributed by atoms with Crippen molar-refractivity contribution in [3.63, 3.8) is 0 Å². The van der Waals surface area contributed by atoms with Gasteiger partial charge in [-0.1, -0.05) is 18.0 Å². The van der Waals surface area contributed by atoms with E-state index in [0.29, 0.717) is 10.6 Å². The van der Waals surface area contributed by atoms with E-state index >= 15 is 0 Å². The molecule has 0 bridgehead atoms. The molecule has 2 aromatic rings. The van der Waals surface area contributed by atoms with Gasteiger partial charge in [0.15, 0.2) is 11.4 Å². The first kappa shape index (κ1) is 13.6. The molecule has 0 amide bonds. The van der Waals surface area contributed by atoms with E-state index in [1.165, 1.54) is 24.6 Å². The number of aryl methyl sites for hydroxylation is 1. The van der Waals surface area contributed by atoms with Crippen LogP contribution in [0, 0.1) is 0 Å². The number of rotatable bonds is 3. The smallest absolute Gasteiger partial charge is 0.196 e. The lowest BCUT2D eigenvalue weighted by molar-refractivity contribution is 0.112. The summed E-state index contributed by atoms with van der Waals surface area (Å²) in [5, 5.41) is 9.98. The molecule has 0 aliphatic carbocycles. The number of carbonyl (C=O) groups excluding carboxylic acids is 1. The molecular weight excluding hydrogens is 294 g/mol.